The number of pyridine rings is 1. The van der Waals surface area contributed by atoms with Crippen LogP contribution in [0.5, 0.6) is 0 Å². The number of benzene rings is 2. The number of aromatic nitrogens is 2. The van der Waals surface area contributed by atoms with Crippen LogP contribution in [0.15, 0.2) is 66.9 Å². The Hall–Kier alpha value is -4.27. The molecule has 2 aromatic heterocycles. The molecule has 40 heavy (non-hydrogen) atoms. The molecule has 1 saturated heterocycles. The highest BCUT2D eigenvalue weighted by Gasteiger charge is 2.47. The number of fused-ring (bicyclic) bond motifs is 3. The van der Waals surface area contributed by atoms with Crippen molar-refractivity contribution in [3.8, 4) is 22.5 Å². The zero-order chi connectivity index (χ0) is 27.9. The van der Waals surface area contributed by atoms with Gasteiger partial charge >= 0.3 is 5.97 Å². The summed E-state index contributed by atoms with van der Waals surface area (Å²) in [5, 5.41) is 13.2. The first kappa shape index (κ1) is 26.0. The highest BCUT2D eigenvalue weighted by Crippen LogP contribution is 2.43. The van der Waals surface area contributed by atoms with Gasteiger partial charge in [-0.25, -0.2) is 4.79 Å². The third-order valence-corrected chi connectivity index (χ3v) is 8.35. The van der Waals surface area contributed by atoms with Gasteiger partial charge in [-0.3, -0.25) is 9.78 Å². The molecular formula is C32H33N5O3. The topological polar surface area (TPSA) is 124 Å². The fourth-order valence-corrected chi connectivity index (χ4v) is 6.11. The monoisotopic (exact) mass is 535 g/mol. The fraction of sp³-hybridized carbons (Fsp3) is 0.281. The smallest absolute Gasteiger partial charge is 0.337 e. The lowest BCUT2D eigenvalue weighted by atomic mass is 9.74. The number of nitrogens with two attached hydrogens (primary N) is 1. The summed E-state index contributed by atoms with van der Waals surface area (Å²) in [6.07, 6.45) is 3.22. The van der Waals surface area contributed by atoms with Crippen molar-refractivity contribution in [2.45, 2.75) is 31.7 Å². The van der Waals surface area contributed by atoms with Crippen molar-refractivity contribution in [1.29, 1.82) is 0 Å². The number of rotatable bonds is 8. The Labute approximate surface area is 233 Å². The number of aromatic carboxylic acids is 1. The van der Waals surface area contributed by atoms with Crippen LogP contribution < -0.4 is 11.1 Å². The maximum atomic E-state index is 12.9. The van der Waals surface area contributed by atoms with Crippen molar-refractivity contribution in [2.24, 2.45) is 5.73 Å². The summed E-state index contributed by atoms with van der Waals surface area (Å²) < 4.78 is 0. The lowest BCUT2D eigenvalue weighted by Gasteiger charge is -2.49. The van der Waals surface area contributed by atoms with Crippen LogP contribution in [0, 0.1) is 0 Å². The number of aryl methyl sites for hydroxylation is 1. The second kappa shape index (κ2) is 10.4. The molecule has 4 aromatic rings. The molecule has 0 spiro atoms. The van der Waals surface area contributed by atoms with Crippen molar-refractivity contribution in [1.82, 2.24) is 20.2 Å². The number of aromatic amines is 1. The first-order valence-corrected chi connectivity index (χ1v) is 13.8. The summed E-state index contributed by atoms with van der Waals surface area (Å²) in [5.74, 6) is -1.07. The highest BCUT2D eigenvalue weighted by molar-refractivity contribution is 5.96. The normalized spacial score (nSPS) is 15.6. The molecule has 0 radical (unpaired) electrons. The SMILES string of the molecule is CCN1CC(CN)(c2[nH]c3c(c2C(=O)O)CCc2cnc(-c4cccc(C(=O)NCc5ccccc5)c4)cc2-3)C1. The lowest BCUT2D eigenvalue weighted by Crippen LogP contribution is -2.63. The molecule has 1 aliphatic carbocycles. The Bertz CT molecular complexity index is 1590. The van der Waals surface area contributed by atoms with Crippen molar-refractivity contribution < 1.29 is 14.7 Å². The van der Waals surface area contributed by atoms with Gasteiger partial charge in [0, 0.05) is 60.2 Å². The first-order chi connectivity index (χ1) is 19.4. The van der Waals surface area contributed by atoms with Gasteiger partial charge in [-0.15, -0.1) is 0 Å². The predicted molar refractivity (Wildman–Crippen MR) is 154 cm³/mol. The molecule has 1 amide bonds. The second-order valence-electron chi connectivity index (χ2n) is 10.8. The number of hydrogen-bond acceptors (Lipinski definition) is 5. The predicted octanol–water partition coefficient (Wildman–Crippen LogP) is 4.00. The number of amides is 1. The molecule has 0 saturated carbocycles. The maximum Gasteiger partial charge on any atom is 0.337 e. The number of carboxylic acids is 1. The Morgan fingerprint density at radius 3 is 2.62 bits per heavy atom. The number of H-pyrrole nitrogens is 1. The van der Waals surface area contributed by atoms with Crippen LogP contribution in [0.25, 0.3) is 22.5 Å². The average molecular weight is 536 g/mol. The van der Waals surface area contributed by atoms with E-state index in [4.69, 9.17) is 10.7 Å². The molecule has 1 aliphatic heterocycles. The molecule has 0 bridgehead atoms. The molecule has 3 heterocycles. The molecule has 8 heteroatoms. The van der Waals surface area contributed by atoms with Crippen LogP contribution in [-0.2, 0) is 24.8 Å². The van der Waals surface area contributed by atoms with Crippen LogP contribution >= 0.6 is 0 Å². The Morgan fingerprint density at radius 1 is 1.10 bits per heavy atom. The summed E-state index contributed by atoms with van der Waals surface area (Å²) in [6.45, 7) is 5.33. The zero-order valence-corrected chi connectivity index (χ0v) is 22.5. The van der Waals surface area contributed by atoms with E-state index in [1.54, 1.807) is 6.07 Å². The van der Waals surface area contributed by atoms with Crippen molar-refractivity contribution in [3.63, 3.8) is 0 Å². The van der Waals surface area contributed by atoms with Gasteiger partial charge in [0.05, 0.1) is 17.0 Å². The molecule has 2 aromatic carbocycles. The average Bonchev–Trinajstić information content (AvgIpc) is 3.37. The molecule has 2 aliphatic rings. The van der Waals surface area contributed by atoms with E-state index in [9.17, 15) is 14.7 Å². The minimum Gasteiger partial charge on any atom is -0.478 e. The number of nitrogens with one attached hydrogen (secondary N) is 2. The number of likely N-dealkylation sites (tertiary alicyclic amines) is 1. The number of carbonyl (C=O) groups is 2. The molecular weight excluding hydrogens is 502 g/mol. The Balaban J connectivity index is 1.33. The van der Waals surface area contributed by atoms with Crippen molar-refractivity contribution in [3.05, 3.63) is 100 Å². The van der Waals surface area contributed by atoms with E-state index >= 15 is 0 Å². The first-order valence-electron chi connectivity index (χ1n) is 13.8. The number of carboxylic acid groups (broad SMARTS) is 1. The quantitative estimate of drug-likeness (QED) is 0.270. The Kier molecular flexibility index (Phi) is 6.73. The second-order valence-corrected chi connectivity index (χ2v) is 10.8. The molecule has 1 fully saturated rings. The summed E-state index contributed by atoms with van der Waals surface area (Å²) in [5.41, 5.74) is 13.8. The molecule has 6 rings (SSSR count). The highest BCUT2D eigenvalue weighted by atomic mass is 16.4. The van der Waals surface area contributed by atoms with Gasteiger partial charge in [0.15, 0.2) is 0 Å². The van der Waals surface area contributed by atoms with E-state index in [2.05, 4.69) is 22.1 Å². The minimum absolute atomic E-state index is 0.153. The van der Waals surface area contributed by atoms with Gasteiger partial charge in [-0.1, -0.05) is 49.4 Å². The van der Waals surface area contributed by atoms with E-state index in [-0.39, 0.29) is 5.91 Å². The minimum atomic E-state index is -0.915. The maximum absolute atomic E-state index is 12.9. The molecule has 5 N–H and O–H groups in total. The van der Waals surface area contributed by atoms with Crippen LogP contribution in [0.4, 0.5) is 0 Å². The molecule has 0 unspecified atom stereocenters. The van der Waals surface area contributed by atoms with Crippen LogP contribution in [0.3, 0.4) is 0 Å². The third-order valence-electron chi connectivity index (χ3n) is 8.35. The number of likely N-dealkylation sites (N-methyl/N-ethyl adjacent to an activating group) is 1. The van der Waals surface area contributed by atoms with Gasteiger partial charge < -0.3 is 26.0 Å². The van der Waals surface area contributed by atoms with Crippen molar-refractivity contribution >= 4 is 11.9 Å². The Morgan fingerprint density at radius 2 is 1.90 bits per heavy atom. The lowest BCUT2D eigenvalue weighted by molar-refractivity contribution is 0.0635. The number of nitrogens with zero attached hydrogens (tertiary/aromatic N) is 2. The zero-order valence-electron chi connectivity index (χ0n) is 22.5. The summed E-state index contributed by atoms with van der Waals surface area (Å²) in [4.78, 5) is 36.0. The van der Waals surface area contributed by atoms with E-state index in [1.807, 2.05) is 60.8 Å². The van der Waals surface area contributed by atoms with Gasteiger partial charge in [0.1, 0.15) is 0 Å². The summed E-state index contributed by atoms with van der Waals surface area (Å²) >= 11 is 0. The van der Waals surface area contributed by atoms with Crippen molar-refractivity contribution in [2.75, 3.05) is 26.2 Å². The number of hydrogen-bond donors (Lipinski definition) is 4. The van der Waals surface area contributed by atoms with E-state index in [0.29, 0.717) is 37.1 Å². The van der Waals surface area contributed by atoms with Crippen LogP contribution in [0.1, 0.15) is 50.0 Å². The largest absolute Gasteiger partial charge is 0.478 e. The summed E-state index contributed by atoms with van der Waals surface area (Å²) in [6, 6.07) is 19.2. The van der Waals surface area contributed by atoms with Crippen LogP contribution in [0.2, 0.25) is 0 Å². The van der Waals surface area contributed by atoms with Gasteiger partial charge in [-0.2, -0.15) is 0 Å². The van der Waals surface area contributed by atoms with E-state index in [0.717, 1.165) is 64.5 Å². The number of carbonyl (C=O) groups excluding carboxylic acids is 1. The molecule has 0 atom stereocenters. The fourth-order valence-electron chi connectivity index (χ4n) is 6.11. The van der Waals surface area contributed by atoms with Gasteiger partial charge in [0.2, 0.25) is 0 Å². The van der Waals surface area contributed by atoms with Gasteiger partial charge in [0.25, 0.3) is 5.91 Å². The molecule has 204 valence electrons. The van der Waals surface area contributed by atoms with Gasteiger partial charge in [-0.05, 0) is 54.3 Å². The van der Waals surface area contributed by atoms with E-state index < -0.39 is 11.4 Å². The summed E-state index contributed by atoms with van der Waals surface area (Å²) in [7, 11) is 0. The molecule has 8 nitrogen and oxygen atoms in total. The third kappa shape index (κ3) is 4.49. The van der Waals surface area contributed by atoms with Crippen LogP contribution in [-0.4, -0.2) is 58.0 Å². The standard InChI is InChI=1S/C32H33N5O3/c1-2-37-18-32(17-33,19-37)29-27(31(39)40)24-12-11-23-16-34-26(14-25(23)28(24)36-29)21-9-6-10-22(13-21)30(38)35-15-20-7-4-3-5-8-20/h3-10,13-14,16,36H,2,11-12,15,17-19,33H2,1H3,(H,35,38)(H,39,40). The van der Waals surface area contributed by atoms with E-state index in [1.165, 1.54) is 0 Å².